The average Bonchev–Trinajstić information content (AvgIpc) is 3.59. The molecule has 0 aliphatic heterocycles. The van der Waals surface area contributed by atoms with Crippen molar-refractivity contribution < 1.29 is 0 Å². The Kier molecular flexibility index (Phi) is 8.61. The Hall–Kier alpha value is -6.96. The fourth-order valence-electron chi connectivity index (χ4n) is 9.16. The zero-order valence-corrected chi connectivity index (χ0v) is 31.2. The Morgan fingerprint density at radius 2 is 0.929 bits per heavy atom. The molecule has 1 atom stereocenters. The molecule has 2 aliphatic rings. The number of rotatable bonds is 8. The lowest BCUT2D eigenvalue weighted by atomic mass is 9.67. The molecule has 10 rings (SSSR count). The molecule has 8 aromatic carbocycles. The highest BCUT2D eigenvalue weighted by Gasteiger charge is 2.46. The van der Waals surface area contributed by atoms with Crippen molar-refractivity contribution in [3.05, 3.63) is 264 Å². The fourth-order valence-corrected chi connectivity index (χ4v) is 9.16. The van der Waals surface area contributed by atoms with E-state index in [-0.39, 0.29) is 5.92 Å². The van der Waals surface area contributed by atoms with E-state index in [1.54, 1.807) is 0 Å². The number of fused-ring (bicyclic) bond motifs is 3. The summed E-state index contributed by atoms with van der Waals surface area (Å²) in [6.07, 6.45) is 8.05. The number of anilines is 2. The van der Waals surface area contributed by atoms with Crippen molar-refractivity contribution in [1.82, 2.24) is 0 Å². The van der Waals surface area contributed by atoms with Gasteiger partial charge in [-0.2, -0.15) is 0 Å². The van der Waals surface area contributed by atoms with Gasteiger partial charge in [0, 0.05) is 23.0 Å². The minimum absolute atomic E-state index is 0.219. The maximum Gasteiger partial charge on any atom is 0.0713 e. The second-order valence-corrected chi connectivity index (χ2v) is 14.8. The SMILES string of the molecule is C1=CC(c2ccc(C3(c4ccccc4)c4ccccc4-c4ccccc43)cc2-c2ccccc2)CC=C1N(c1ccccc1)c1ccc(-c2ccccc2)cc1. The van der Waals surface area contributed by atoms with Crippen molar-refractivity contribution in [3.63, 3.8) is 0 Å². The van der Waals surface area contributed by atoms with Crippen LogP contribution in [0.2, 0.25) is 0 Å². The molecule has 0 spiro atoms. The number of benzene rings is 8. The highest BCUT2D eigenvalue weighted by Crippen LogP contribution is 2.56. The maximum atomic E-state index is 2.49. The normalized spacial score (nSPS) is 15.1. The summed E-state index contributed by atoms with van der Waals surface area (Å²) in [5.41, 5.74) is 17.2. The summed E-state index contributed by atoms with van der Waals surface area (Å²) >= 11 is 0. The van der Waals surface area contributed by atoms with Crippen LogP contribution in [-0.4, -0.2) is 0 Å². The topological polar surface area (TPSA) is 3.24 Å². The van der Waals surface area contributed by atoms with Gasteiger partial charge in [-0.15, -0.1) is 0 Å². The van der Waals surface area contributed by atoms with Gasteiger partial charge in [-0.25, -0.2) is 0 Å². The van der Waals surface area contributed by atoms with Gasteiger partial charge >= 0.3 is 0 Å². The number of para-hydroxylation sites is 1. The molecule has 266 valence electrons. The predicted molar refractivity (Wildman–Crippen MR) is 234 cm³/mol. The van der Waals surface area contributed by atoms with Gasteiger partial charge in [0.15, 0.2) is 0 Å². The Balaban J connectivity index is 1.07. The van der Waals surface area contributed by atoms with Gasteiger partial charge in [0.2, 0.25) is 0 Å². The highest BCUT2D eigenvalue weighted by molar-refractivity contribution is 5.87. The van der Waals surface area contributed by atoms with Crippen molar-refractivity contribution >= 4 is 11.4 Å². The average molecular weight is 716 g/mol. The van der Waals surface area contributed by atoms with Crippen molar-refractivity contribution in [1.29, 1.82) is 0 Å². The van der Waals surface area contributed by atoms with Crippen LogP contribution in [0, 0.1) is 0 Å². The first kappa shape index (κ1) is 33.6. The van der Waals surface area contributed by atoms with E-state index in [2.05, 4.69) is 235 Å². The maximum absolute atomic E-state index is 2.49. The lowest BCUT2D eigenvalue weighted by molar-refractivity contribution is 0.765. The van der Waals surface area contributed by atoms with Crippen LogP contribution >= 0.6 is 0 Å². The lowest BCUT2D eigenvalue weighted by Gasteiger charge is -2.35. The van der Waals surface area contributed by atoms with Crippen molar-refractivity contribution in [2.75, 3.05) is 4.90 Å². The van der Waals surface area contributed by atoms with E-state index >= 15 is 0 Å². The molecule has 1 nitrogen and oxygen atoms in total. The van der Waals surface area contributed by atoms with Gasteiger partial charge in [-0.3, -0.25) is 0 Å². The summed E-state index contributed by atoms with van der Waals surface area (Å²) in [6.45, 7) is 0. The summed E-state index contributed by atoms with van der Waals surface area (Å²) in [5, 5.41) is 0. The molecule has 0 heterocycles. The van der Waals surface area contributed by atoms with E-state index in [4.69, 9.17) is 0 Å². The van der Waals surface area contributed by atoms with E-state index in [0.29, 0.717) is 0 Å². The van der Waals surface area contributed by atoms with E-state index in [9.17, 15) is 0 Å². The molecule has 0 N–H and O–H groups in total. The summed E-state index contributed by atoms with van der Waals surface area (Å²) in [7, 11) is 0. The molecular weight excluding hydrogens is 675 g/mol. The Morgan fingerprint density at radius 3 is 1.54 bits per heavy atom. The van der Waals surface area contributed by atoms with E-state index in [1.807, 2.05) is 0 Å². The number of hydrogen-bond acceptors (Lipinski definition) is 1. The summed E-state index contributed by atoms with van der Waals surface area (Å²) < 4.78 is 0. The van der Waals surface area contributed by atoms with Crippen LogP contribution in [0.5, 0.6) is 0 Å². The highest BCUT2D eigenvalue weighted by atomic mass is 15.1. The van der Waals surface area contributed by atoms with E-state index in [0.717, 1.165) is 17.8 Å². The molecule has 0 saturated heterocycles. The largest absolute Gasteiger partial charge is 0.311 e. The number of allylic oxidation sites excluding steroid dienone is 3. The van der Waals surface area contributed by atoms with Crippen LogP contribution in [0.3, 0.4) is 0 Å². The molecule has 8 aromatic rings. The molecule has 0 aromatic heterocycles. The van der Waals surface area contributed by atoms with Crippen LogP contribution in [0.15, 0.2) is 236 Å². The molecule has 0 radical (unpaired) electrons. The van der Waals surface area contributed by atoms with E-state index in [1.165, 1.54) is 66.9 Å². The second-order valence-electron chi connectivity index (χ2n) is 14.8. The molecule has 0 fully saturated rings. The molecule has 0 saturated carbocycles. The van der Waals surface area contributed by atoms with Crippen molar-refractivity contribution in [2.45, 2.75) is 17.8 Å². The van der Waals surface area contributed by atoms with Crippen LogP contribution in [0.4, 0.5) is 11.4 Å². The Bertz CT molecular complexity index is 2650. The summed E-state index contributed by atoms with van der Waals surface area (Å²) in [6, 6.07) is 77.6. The first-order valence-electron chi connectivity index (χ1n) is 19.6. The zero-order chi connectivity index (χ0) is 37.3. The van der Waals surface area contributed by atoms with Gasteiger partial charge in [0.25, 0.3) is 0 Å². The van der Waals surface area contributed by atoms with Gasteiger partial charge in [-0.05, 0) is 104 Å². The van der Waals surface area contributed by atoms with Crippen LogP contribution in [0.1, 0.15) is 40.2 Å². The number of nitrogens with zero attached hydrogens (tertiary/aromatic N) is 1. The predicted octanol–water partition coefficient (Wildman–Crippen LogP) is 14.1. The van der Waals surface area contributed by atoms with Gasteiger partial charge < -0.3 is 4.90 Å². The van der Waals surface area contributed by atoms with Crippen LogP contribution < -0.4 is 4.90 Å². The molecular formula is C55H41N. The third kappa shape index (κ3) is 5.72. The van der Waals surface area contributed by atoms with Crippen LogP contribution in [0.25, 0.3) is 33.4 Å². The summed E-state index contributed by atoms with van der Waals surface area (Å²) in [4.78, 5) is 2.38. The third-order valence-electron chi connectivity index (χ3n) is 11.7. The molecule has 0 amide bonds. The molecule has 1 heteroatoms. The standard InChI is InChI=1S/C55H41N/c1-5-17-40(18-6-1)41-29-34-47(35-30-41)56(46-23-11-4-12-24-46)48-36-31-43(32-37-48)49-38-33-45(39-52(49)42-19-7-2-8-20-42)55(44-21-9-3-10-22-44)53-27-15-13-25-50(53)51-26-14-16-28-54(51)55/h1-31,33-39,43H,32H2. The zero-order valence-electron chi connectivity index (χ0n) is 31.2. The van der Waals surface area contributed by atoms with Crippen LogP contribution in [-0.2, 0) is 5.41 Å². The second kappa shape index (κ2) is 14.4. The van der Waals surface area contributed by atoms with E-state index < -0.39 is 5.41 Å². The molecule has 56 heavy (non-hydrogen) atoms. The third-order valence-corrected chi connectivity index (χ3v) is 11.7. The molecule has 2 aliphatic carbocycles. The first-order chi connectivity index (χ1) is 27.8. The Labute approximate surface area is 330 Å². The first-order valence-corrected chi connectivity index (χ1v) is 19.6. The fraction of sp³-hybridized carbons (Fsp3) is 0.0545. The quantitative estimate of drug-likeness (QED) is 0.151. The van der Waals surface area contributed by atoms with Gasteiger partial charge in [0.05, 0.1) is 5.41 Å². The minimum atomic E-state index is -0.446. The Morgan fingerprint density at radius 1 is 0.411 bits per heavy atom. The lowest BCUT2D eigenvalue weighted by Crippen LogP contribution is -2.28. The minimum Gasteiger partial charge on any atom is -0.311 e. The van der Waals surface area contributed by atoms with Crippen molar-refractivity contribution in [2.24, 2.45) is 0 Å². The monoisotopic (exact) mass is 715 g/mol. The molecule has 0 bridgehead atoms. The molecule has 1 unspecified atom stereocenters. The van der Waals surface area contributed by atoms with Gasteiger partial charge in [0.1, 0.15) is 0 Å². The number of hydrogen-bond donors (Lipinski definition) is 0. The van der Waals surface area contributed by atoms with Crippen molar-refractivity contribution in [3.8, 4) is 33.4 Å². The van der Waals surface area contributed by atoms with Gasteiger partial charge in [-0.1, -0.05) is 194 Å². The smallest absolute Gasteiger partial charge is 0.0713 e. The summed E-state index contributed by atoms with van der Waals surface area (Å²) in [5.74, 6) is 0.219.